The number of methoxy groups -OCH3 is 1. The van der Waals surface area contributed by atoms with Crippen molar-refractivity contribution in [2.75, 3.05) is 13.7 Å². The van der Waals surface area contributed by atoms with Gasteiger partial charge in [0.25, 0.3) is 0 Å². The molecule has 0 radical (unpaired) electrons. The summed E-state index contributed by atoms with van der Waals surface area (Å²) in [6, 6.07) is 8.23. The normalized spacial score (nSPS) is 19.7. The fourth-order valence-corrected chi connectivity index (χ4v) is 2.06. The van der Waals surface area contributed by atoms with Crippen LogP contribution in [-0.4, -0.2) is 31.7 Å². The lowest BCUT2D eigenvalue weighted by atomic mass is 10.1. The highest BCUT2D eigenvalue weighted by Gasteiger charge is 2.29. The summed E-state index contributed by atoms with van der Waals surface area (Å²) < 4.78 is 10.0. The van der Waals surface area contributed by atoms with Crippen LogP contribution in [0.1, 0.15) is 24.4 Å². The first-order valence-corrected chi connectivity index (χ1v) is 6.27. The van der Waals surface area contributed by atoms with Crippen LogP contribution in [0, 0.1) is 0 Å². The van der Waals surface area contributed by atoms with Gasteiger partial charge in [0.2, 0.25) is 5.91 Å². The van der Waals surface area contributed by atoms with Gasteiger partial charge in [-0.25, -0.2) is 4.79 Å². The molecule has 1 amide bonds. The van der Waals surface area contributed by atoms with Gasteiger partial charge in [-0.1, -0.05) is 30.3 Å². The molecule has 2 atom stereocenters. The monoisotopic (exact) mass is 263 g/mol. The van der Waals surface area contributed by atoms with Gasteiger partial charge < -0.3 is 14.8 Å². The molecule has 2 rings (SSSR count). The van der Waals surface area contributed by atoms with Crippen molar-refractivity contribution in [2.45, 2.75) is 25.0 Å². The number of carbonyl (C=O) groups is 2. The maximum Gasteiger partial charge on any atom is 0.333 e. The van der Waals surface area contributed by atoms with E-state index >= 15 is 0 Å². The van der Waals surface area contributed by atoms with E-state index in [9.17, 15) is 9.59 Å². The zero-order valence-electron chi connectivity index (χ0n) is 10.8. The predicted octanol–water partition coefficient (Wildman–Crippen LogP) is 1.20. The average molecular weight is 263 g/mol. The molecule has 1 fully saturated rings. The summed E-state index contributed by atoms with van der Waals surface area (Å²) in [5.41, 5.74) is 0.695. The molecule has 0 spiro atoms. The lowest BCUT2D eigenvalue weighted by Crippen LogP contribution is -2.40. The number of esters is 1. The van der Waals surface area contributed by atoms with E-state index in [1.165, 1.54) is 7.11 Å². The summed E-state index contributed by atoms with van der Waals surface area (Å²) in [7, 11) is 1.30. The Kier molecular flexibility index (Phi) is 4.52. The van der Waals surface area contributed by atoms with Gasteiger partial charge in [-0.05, 0) is 18.4 Å². The number of benzene rings is 1. The maximum absolute atomic E-state index is 12.0. The van der Waals surface area contributed by atoms with Gasteiger partial charge in [0, 0.05) is 6.61 Å². The van der Waals surface area contributed by atoms with Gasteiger partial charge in [0.15, 0.2) is 6.04 Å². The van der Waals surface area contributed by atoms with Crippen molar-refractivity contribution < 1.29 is 19.1 Å². The second kappa shape index (κ2) is 6.33. The molecule has 5 nitrogen and oxygen atoms in total. The number of nitrogens with one attached hydrogen (secondary N) is 1. The molecule has 1 aliphatic heterocycles. The van der Waals surface area contributed by atoms with E-state index in [2.05, 4.69) is 5.32 Å². The van der Waals surface area contributed by atoms with Crippen molar-refractivity contribution in [3.8, 4) is 0 Å². The first kappa shape index (κ1) is 13.5. The second-order valence-electron chi connectivity index (χ2n) is 4.38. The minimum Gasteiger partial charge on any atom is -0.467 e. The van der Waals surface area contributed by atoms with Crippen molar-refractivity contribution in [1.29, 1.82) is 0 Å². The number of hydrogen-bond acceptors (Lipinski definition) is 4. The van der Waals surface area contributed by atoms with E-state index in [0.717, 1.165) is 6.42 Å². The Balaban J connectivity index is 2.10. The molecule has 1 heterocycles. The van der Waals surface area contributed by atoms with Crippen LogP contribution >= 0.6 is 0 Å². The number of amides is 1. The Morgan fingerprint density at radius 2 is 2.11 bits per heavy atom. The third kappa shape index (κ3) is 3.32. The van der Waals surface area contributed by atoms with Crippen LogP contribution < -0.4 is 5.32 Å². The van der Waals surface area contributed by atoms with Gasteiger partial charge in [-0.15, -0.1) is 0 Å². The van der Waals surface area contributed by atoms with E-state index in [-0.39, 0.29) is 5.91 Å². The van der Waals surface area contributed by atoms with Crippen LogP contribution in [0.5, 0.6) is 0 Å². The van der Waals surface area contributed by atoms with Crippen LogP contribution in [0.4, 0.5) is 0 Å². The number of rotatable bonds is 4. The predicted molar refractivity (Wildman–Crippen MR) is 68.3 cm³/mol. The molecule has 19 heavy (non-hydrogen) atoms. The molecular weight excluding hydrogens is 246 g/mol. The topological polar surface area (TPSA) is 64.6 Å². The Morgan fingerprint density at radius 1 is 1.37 bits per heavy atom. The van der Waals surface area contributed by atoms with Crippen molar-refractivity contribution in [3.63, 3.8) is 0 Å². The summed E-state index contributed by atoms with van der Waals surface area (Å²) in [4.78, 5) is 23.8. The SMILES string of the molecule is COC(=O)C(NC(=O)[C@H]1CCCO1)c1ccccc1. The van der Waals surface area contributed by atoms with Crippen LogP contribution in [0.2, 0.25) is 0 Å². The van der Waals surface area contributed by atoms with Crippen molar-refractivity contribution in [2.24, 2.45) is 0 Å². The van der Waals surface area contributed by atoms with Gasteiger partial charge in [0.05, 0.1) is 7.11 Å². The molecule has 5 heteroatoms. The van der Waals surface area contributed by atoms with Crippen molar-refractivity contribution in [3.05, 3.63) is 35.9 Å². The largest absolute Gasteiger partial charge is 0.467 e. The van der Waals surface area contributed by atoms with Crippen LogP contribution in [0.15, 0.2) is 30.3 Å². The molecule has 1 N–H and O–H groups in total. The molecule has 0 aromatic heterocycles. The molecule has 1 unspecified atom stereocenters. The zero-order valence-corrected chi connectivity index (χ0v) is 10.8. The highest BCUT2D eigenvalue weighted by Crippen LogP contribution is 2.17. The van der Waals surface area contributed by atoms with E-state index in [1.54, 1.807) is 12.1 Å². The fraction of sp³-hybridized carbons (Fsp3) is 0.429. The van der Waals surface area contributed by atoms with E-state index < -0.39 is 18.1 Å². The standard InChI is InChI=1S/C14H17NO4/c1-18-14(17)12(10-6-3-2-4-7-10)15-13(16)11-8-5-9-19-11/h2-4,6-7,11-12H,5,8-9H2,1H3,(H,15,16)/t11-,12?/m1/s1. The minimum atomic E-state index is -0.789. The minimum absolute atomic E-state index is 0.267. The van der Waals surface area contributed by atoms with Crippen molar-refractivity contribution in [1.82, 2.24) is 5.32 Å². The summed E-state index contributed by atoms with van der Waals surface area (Å²) in [6.07, 6.45) is 1.09. The van der Waals surface area contributed by atoms with Crippen LogP contribution in [0.3, 0.4) is 0 Å². The smallest absolute Gasteiger partial charge is 0.333 e. The second-order valence-corrected chi connectivity index (χ2v) is 4.38. The van der Waals surface area contributed by atoms with Crippen LogP contribution in [-0.2, 0) is 19.1 Å². The number of hydrogen-bond donors (Lipinski definition) is 1. The Labute approximate surface area is 111 Å². The lowest BCUT2D eigenvalue weighted by Gasteiger charge is -2.18. The first-order valence-electron chi connectivity index (χ1n) is 6.27. The molecule has 1 saturated heterocycles. The molecule has 0 aliphatic carbocycles. The molecular formula is C14H17NO4. The van der Waals surface area contributed by atoms with Gasteiger partial charge in [-0.2, -0.15) is 0 Å². The van der Waals surface area contributed by atoms with E-state index in [0.29, 0.717) is 18.6 Å². The van der Waals surface area contributed by atoms with Gasteiger partial charge in [0.1, 0.15) is 6.10 Å². The van der Waals surface area contributed by atoms with Crippen LogP contribution in [0.25, 0.3) is 0 Å². The highest BCUT2D eigenvalue weighted by molar-refractivity contribution is 5.87. The highest BCUT2D eigenvalue weighted by atomic mass is 16.5. The third-order valence-corrected chi connectivity index (χ3v) is 3.08. The molecule has 0 saturated carbocycles. The Bertz CT molecular complexity index is 440. The lowest BCUT2D eigenvalue weighted by molar-refractivity contribution is -0.146. The maximum atomic E-state index is 12.0. The summed E-state index contributed by atoms with van der Waals surface area (Å²) in [5, 5.41) is 2.69. The summed E-state index contributed by atoms with van der Waals surface area (Å²) >= 11 is 0. The average Bonchev–Trinajstić information content (AvgIpc) is 2.99. The summed E-state index contributed by atoms with van der Waals surface area (Å²) in [5.74, 6) is -0.755. The number of carbonyl (C=O) groups excluding carboxylic acids is 2. The Hall–Kier alpha value is -1.88. The number of ether oxygens (including phenoxy) is 2. The zero-order chi connectivity index (χ0) is 13.7. The molecule has 1 aromatic rings. The third-order valence-electron chi connectivity index (χ3n) is 3.08. The quantitative estimate of drug-likeness (QED) is 0.829. The molecule has 0 bridgehead atoms. The summed E-state index contributed by atoms with van der Waals surface area (Å²) in [6.45, 7) is 0.590. The molecule has 1 aromatic carbocycles. The van der Waals surface area contributed by atoms with Crippen molar-refractivity contribution >= 4 is 11.9 Å². The Morgan fingerprint density at radius 3 is 2.68 bits per heavy atom. The molecule has 1 aliphatic rings. The van der Waals surface area contributed by atoms with Gasteiger partial charge >= 0.3 is 5.97 Å². The van der Waals surface area contributed by atoms with E-state index in [4.69, 9.17) is 9.47 Å². The van der Waals surface area contributed by atoms with Gasteiger partial charge in [-0.3, -0.25) is 4.79 Å². The fourth-order valence-electron chi connectivity index (χ4n) is 2.06. The van der Waals surface area contributed by atoms with E-state index in [1.807, 2.05) is 18.2 Å². The first-order chi connectivity index (χ1) is 9.22. The molecule has 102 valence electrons.